The van der Waals surface area contributed by atoms with Crippen molar-refractivity contribution in [3.05, 3.63) is 88.6 Å². The van der Waals surface area contributed by atoms with Crippen LogP contribution in [0.4, 0.5) is 18.9 Å². The van der Waals surface area contributed by atoms with E-state index in [0.717, 1.165) is 70.8 Å². The number of carbonyl (C=O) groups excluding carboxylic acids is 2. The van der Waals surface area contributed by atoms with Crippen molar-refractivity contribution in [1.82, 2.24) is 15.1 Å². The lowest BCUT2D eigenvalue weighted by atomic mass is 9.91. The summed E-state index contributed by atoms with van der Waals surface area (Å²) < 4.78 is 36.7. The van der Waals surface area contributed by atoms with Crippen LogP contribution < -0.4 is 10.1 Å². The highest BCUT2D eigenvalue weighted by Crippen LogP contribution is 2.65. The van der Waals surface area contributed by atoms with Crippen LogP contribution in [0.3, 0.4) is 0 Å². The molecule has 43 heavy (non-hydrogen) atoms. The van der Waals surface area contributed by atoms with Gasteiger partial charge in [0.15, 0.2) is 0 Å². The van der Waals surface area contributed by atoms with E-state index in [0.29, 0.717) is 0 Å². The number of aldehydes is 1. The molecule has 2 N–H and O–H groups in total. The van der Waals surface area contributed by atoms with Gasteiger partial charge in [-0.15, -0.1) is 0 Å². The van der Waals surface area contributed by atoms with Crippen molar-refractivity contribution in [3.63, 3.8) is 0 Å². The standard InChI is InChI=1S/C31H32N4O2.C2HF3O/c1-4-35(5-2)19-21-8-6-20(7-9-21)10-14-27-24-13-11-22(16-29(24)34-33-27)26-18-31(26)25-17-23(37-3)12-15-28(25)32-30(31)36;3-2(4,5)1-6/h6-17,26H,4-5,18-19H2,1-3H3,(H,32,36)(H,33,34);1H/b14-10+;/t26-,31-;/m0./s1. The van der Waals surface area contributed by atoms with Crippen LogP contribution in [0.1, 0.15) is 54.1 Å². The van der Waals surface area contributed by atoms with Crippen LogP contribution in [-0.2, 0) is 21.5 Å². The molecule has 1 fully saturated rings. The number of rotatable bonds is 8. The Labute approximate surface area is 247 Å². The van der Waals surface area contributed by atoms with E-state index in [1.54, 1.807) is 7.11 Å². The fraction of sp³-hybridized carbons (Fsp3) is 0.303. The van der Waals surface area contributed by atoms with Crippen LogP contribution in [0.5, 0.6) is 5.75 Å². The van der Waals surface area contributed by atoms with E-state index in [1.165, 1.54) is 5.56 Å². The molecule has 1 saturated carbocycles. The Hall–Kier alpha value is -4.44. The normalized spacial score (nSPS) is 19.0. The number of methoxy groups -OCH3 is 1. The number of alkyl halides is 3. The molecule has 2 aliphatic rings. The molecule has 10 heteroatoms. The third-order valence-corrected chi connectivity index (χ3v) is 8.19. The Morgan fingerprint density at radius 3 is 2.42 bits per heavy atom. The van der Waals surface area contributed by atoms with Gasteiger partial charge in [-0.25, -0.2) is 0 Å². The number of carbonyl (C=O) groups is 2. The van der Waals surface area contributed by atoms with E-state index in [4.69, 9.17) is 9.53 Å². The second-order valence-electron chi connectivity index (χ2n) is 10.7. The third kappa shape index (κ3) is 6.19. The predicted molar refractivity (Wildman–Crippen MR) is 161 cm³/mol. The van der Waals surface area contributed by atoms with Crippen LogP contribution in [0.2, 0.25) is 0 Å². The highest BCUT2D eigenvalue weighted by molar-refractivity contribution is 6.10. The number of amides is 1. The first-order valence-electron chi connectivity index (χ1n) is 14.1. The summed E-state index contributed by atoms with van der Waals surface area (Å²) in [7, 11) is 1.66. The van der Waals surface area contributed by atoms with Crippen molar-refractivity contribution in [1.29, 1.82) is 0 Å². The van der Waals surface area contributed by atoms with Gasteiger partial charge in [-0.1, -0.05) is 56.3 Å². The number of aromatic nitrogens is 2. The summed E-state index contributed by atoms with van der Waals surface area (Å²) in [6.45, 7) is 7.49. The molecule has 7 nitrogen and oxygen atoms in total. The summed E-state index contributed by atoms with van der Waals surface area (Å²) in [6, 6.07) is 21.0. The number of benzene rings is 3. The van der Waals surface area contributed by atoms with E-state index in [-0.39, 0.29) is 11.8 Å². The summed E-state index contributed by atoms with van der Waals surface area (Å²) in [4.78, 5) is 24.1. The molecule has 4 aromatic rings. The Kier molecular flexibility index (Phi) is 8.41. The first kappa shape index (κ1) is 30.0. The SMILES string of the molecule is CCN(CC)Cc1ccc(/C=C/c2n[nH]c3cc([C@@H]4C[C@@]45C(=O)Nc4ccc(OC)cc45)ccc23)cc1.O=CC(F)(F)F. The molecule has 0 saturated heterocycles. The molecule has 2 heterocycles. The summed E-state index contributed by atoms with van der Waals surface area (Å²) in [5.74, 6) is 0.999. The fourth-order valence-corrected chi connectivity index (χ4v) is 5.72. The van der Waals surface area contributed by atoms with Crippen molar-refractivity contribution in [3.8, 4) is 5.75 Å². The molecule has 0 unspecified atom stereocenters. The average molecular weight is 591 g/mol. The molecule has 6 rings (SSSR count). The van der Waals surface area contributed by atoms with Gasteiger partial charge in [-0.3, -0.25) is 19.6 Å². The molecule has 1 aromatic heterocycles. The van der Waals surface area contributed by atoms with Crippen molar-refractivity contribution in [2.24, 2.45) is 0 Å². The lowest BCUT2D eigenvalue weighted by Crippen LogP contribution is -2.21. The maximum Gasteiger partial charge on any atom is 0.446 e. The highest BCUT2D eigenvalue weighted by Gasteiger charge is 2.65. The lowest BCUT2D eigenvalue weighted by Gasteiger charge is -2.17. The average Bonchev–Trinajstić information content (AvgIpc) is 3.55. The zero-order chi connectivity index (χ0) is 30.8. The van der Waals surface area contributed by atoms with Crippen LogP contribution in [0.15, 0.2) is 60.7 Å². The molecule has 1 amide bonds. The molecule has 2 atom stereocenters. The first-order chi connectivity index (χ1) is 20.6. The van der Waals surface area contributed by atoms with Crippen LogP contribution >= 0.6 is 0 Å². The Bertz CT molecular complexity index is 1660. The molecule has 0 bridgehead atoms. The van der Waals surface area contributed by atoms with Crippen molar-refractivity contribution in [2.45, 2.75) is 44.3 Å². The maximum atomic E-state index is 13.0. The van der Waals surface area contributed by atoms with Gasteiger partial charge in [0.25, 0.3) is 0 Å². The van der Waals surface area contributed by atoms with E-state index in [2.05, 4.69) is 88.9 Å². The largest absolute Gasteiger partial charge is 0.497 e. The van der Waals surface area contributed by atoms with Gasteiger partial charge in [-0.2, -0.15) is 18.3 Å². The zero-order valence-corrected chi connectivity index (χ0v) is 24.2. The van der Waals surface area contributed by atoms with E-state index >= 15 is 0 Å². The molecular weight excluding hydrogens is 557 g/mol. The van der Waals surface area contributed by atoms with Crippen LogP contribution in [-0.4, -0.2) is 53.7 Å². The number of H-pyrrole nitrogens is 1. The second kappa shape index (κ2) is 12.0. The summed E-state index contributed by atoms with van der Waals surface area (Å²) in [5.41, 5.74) is 6.96. The van der Waals surface area contributed by atoms with Crippen molar-refractivity contribution in [2.75, 3.05) is 25.5 Å². The Balaban J connectivity index is 0.000000559. The van der Waals surface area contributed by atoms with Gasteiger partial charge in [0, 0.05) is 23.5 Å². The molecule has 1 spiro atoms. The minimum atomic E-state index is -4.64. The minimum Gasteiger partial charge on any atom is -0.497 e. The number of aromatic amines is 1. The number of anilines is 1. The van der Waals surface area contributed by atoms with Gasteiger partial charge in [0.1, 0.15) is 5.75 Å². The Morgan fingerprint density at radius 2 is 1.77 bits per heavy atom. The first-order valence-corrected chi connectivity index (χ1v) is 14.1. The van der Waals surface area contributed by atoms with Gasteiger partial charge in [0.2, 0.25) is 12.2 Å². The quantitative estimate of drug-likeness (QED) is 0.223. The van der Waals surface area contributed by atoms with Crippen molar-refractivity contribution >= 4 is 40.9 Å². The van der Waals surface area contributed by atoms with Gasteiger partial charge >= 0.3 is 6.18 Å². The summed E-state index contributed by atoms with van der Waals surface area (Å²) >= 11 is 0. The summed E-state index contributed by atoms with van der Waals surface area (Å²) in [6.07, 6.45) is -0.736. The number of hydrogen-bond donors (Lipinski definition) is 2. The molecule has 1 aliphatic heterocycles. The predicted octanol–water partition coefficient (Wildman–Crippen LogP) is 6.71. The molecule has 1 aliphatic carbocycles. The number of halogens is 3. The number of ether oxygens (including phenoxy) is 1. The third-order valence-electron chi connectivity index (χ3n) is 8.19. The highest BCUT2D eigenvalue weighted by atomic mass is 19.4. The zero-order valence-electron chi connectivity index (χ0n) is 24.2. The van der Waals surface area contributed by atoms with E-state index in [9.17, 15) is 18.0 Å². The number of fused-ring (bicyclic) bond motifs is 3. The van der Waals surface area contributed by atoms with Gasteiger partial charge < -0.3 is 10.1 Å². The van der Waals surface area contributed by atoms with Gasteiger partial charge in [0.05, 0.1) is 23.7 Å². The Morgan fingerprint density at radius 1 is 1.05 bits per heavy atom. The van der Waals surface area contributed by atoms with E-state index < -0.39 is 17.9 Å². The smallest absolute Gasteiger partial charge is 0.446 e. The van der Waals surface area contributed by atoms with Crippen LogP contribution in [0, 0.1) is 0 Å². The fourth-order valence-electron chi connectivity index (χ4n) is 5.72. The topological polar surface area (TPSA) is 87.3 Å². The van der Waals surface area contributed by atoms with E-state index in [1.807, 2.05) is 18.2 Å². The molecule has 224 valence electrons. The number of nitrogens with one attached hydrogen (secondary N) is 2. The monoisotopic (exact) mass is 590 g/mol. The lowest BCUT2D eigenvalue weighted by molar-refractivity contribution is -0.156. The van der Waals surface area contributed by atoms with Gasteiger partial charge in [-0.05, 0) is 72.1 Å². The molecular formula is C33H33F3N4O3. The summed E-state index contributed by atoms with van der Waals surface area (Å²) in [5, 5.41) is 11.9. The van der Waals surface area contributed by atoms with Crippen LogP contribution in [0.25, 0.3) is 23.1 Å². The maximum absolute atomic E-state index is 13.0. The van der Waals surface area contributed by atoms with Crippen molar-refractivity contribution < 1.29 is 27.5 Å². The second-order valence-corrected chi connectivity index (χ2v) is 10.7. The number of nitrogens with zero attached hydrogens (tertiary/aromatic N) is 2. The molecule has 3 aromatic carbocycles. The minimum absolute atomic E-state index is 0.0807. The number of hydrogen-bond acceptors (Lipinski definition) is 5. The molecule has 0 radical (unpaired) electrons.